The molecule has 28 heavy (non-hydrogen) atoms. The van der Waals surface area contributed by atoms with E-state index in [1.54, 1.807) is 23.1 Å². The van der Waals surface area contributed by atoms with Gasteiger partial charge in [0.1, 0.15) is 6.61 Å². The molecule has 1 aliphatic rings. The molecule has 0 bridgehead atoms. The number of anilines is 1. The first kappa shape index (κ1) is 20.7. The third-order valence-electron chi connectivity index (χ3n) is 5.19. The molecular weight excluding hydrogens is 397 g/mol. The van der Waals surface area contributed by atoms with Gasteiger partial charge in [-0.2, -0.15) is 0 Å². The number of carbonyl (C=O) groups excluding carboxylic acids is 2. The van der Waals surface area contributed by atoms with E-state index in [1.807, 2.05) is 24.3 Å². The summed E-state index contributed by atoms with van der Waals surface area (Å²) in [5.74, 6) is -0.555. The molecule has 0 aliphatic carbocycles. The van der Waals surface area contributed by atoms with Gasteiger partial charge in [0.15, 0.2) is 0 Å². The number of hydrogen-bond acceptors (Lipinski definition) is 3. The fourth-order valence-corrected chi connectivity index (χ4v) is 3.69. The van der Waals surface area contributed by atoms with Crippen molar-refractivity contribution in [3.05, 3.63) is 63.6 Å². The van der Waals surface area contributed by atoms with Gasteiger partial charge in [0.2, 0.25) is 5.91 Å². The lowest BCUT2D eigenvalue weighted by atomic mass is 9.96. The lowest BCUT2D eigenvalue weighted by Gasteiger charge is -2.23. The van der Waals surface area contributed by atoms with Crippen LogP contribution < -0.4 is 4.90 Å². The van der Waals surface area contributed by atoms with E-state index < -0.39 is 5.92 Å². The van der Waals surface area contributed by atoms with Crippen molar-refractivity contribution >= 4 is 40.8 Å². The van der Waals surface area contributed by atoms with Crippen LogP contribution in [-0.4, -0.2) is 18.4 Å². The van der Waals surface area contributed by atoms with E-state index in [9.17, 15) is 9.59 Å². The molecule has 2 aromatic carbocycles. The second-order valence-electron chi connectivity index (χ2n) is 7.13. The number of para-hydroxylation sites is 1. The topological polar surface area (TPSA) is 46.6 Å². The van der Waals surface area contributed by atoms with Crippen LogP contribution in [0.15, 0.2) is 42.5 Å². The highest BCUT2D eigenvalue weighted by atomic mass is 35.5. The van der Waals surface area contributed by atoms with Crippen molar-refractivity contribution < 1.29 is 14.3 Å². The summed E-state index contributed by atoms with van der Waals surface area (Å²) in [5.41, 5.74) is 2.77. The average molecular weight is 420 g/mol. The van der Waals surface area contributed by atoms with Crippen LogP contribution in [-0.2, 0) is 20.9 Å². The molecule has 1 fully saturated rings. The molecule has 1 heterocycles. The van der Waals surface area contributed by atoms with Crippen LogP contribution in [0.2, 0.25) is 10.0 Å². The van der Waals surface area contributed by atoms with Crippen LogP contribution in [0.4, 0.5) is 5.69 Å². The van der Waals surface area contributed by atoms with Gasteiger partial charge < -0.3 is 9.64 Å². The van der Waals surface area contributed by atoms with E-state index in [0.29, 0.717) is 22.5 Å². The zero-order valence-electron chi connectivity index (χ0n) is 16.0. The summed E-state index contributed by atoms with van der Waals surface area (Å²) in [6, 6.07) is 13.0. The summed E-state index contributed by atoms with van der Waals surface area (Å²) < 4.78 is 5.42. The van der Waals surface area contributed by atoms with Gasteiger partial charge in [0.25, 0.3) is 0 Å². The number of benzene rings is 2. The molecule has 0 saturated carbocycles. The highest BCUT2D eigenvalue weighted by Crippen LogP contribution is 2.34. The van der Waals surface area contributed by atoms with Gasteiger partial charge in [0, 0.05) is 18.7 Å². The number of nitrogens with zero attached hydrogens (tertiary/aromatic N) is 1. The molecule has 0 unspecified atom stereocenters. The van der Waals surface area contributed by atoms with Gasteiger partial charge in [-0.3, -0.25) is 9.59 Å². The summed E-state index contributed by atoms with van der Waals surface area (Å²) in [7, 11) is 0. The standard InChI is InChI=1S/C22H23Cl2NO3/c1-3-14(2)17-6-4-5-7-20(17)25-12-16(11-21(25)26)22(27)28-13-15-8-9-18(23)19(24)10-15/h4-10,14,16H,3,11-13H2,1-2H3/t14-,16-/m0/s1. The predicted molar refractivity (Wildman–Crippen MR) is 112 cm³/mol. The minimum Gasteiger partial charge on any atom is -0.461 e. The maximum atomic E-state index is 12.6. The van der Waals surface area contributed by atoms with Crippen molar-refractivity contribution in [2.45, 2.75) is 39.2 Å². The van der Waals surface area contributed by atoms with Gasteiger partial charge in [-0.15, -0.1) is 0 Å². The van der Waals surface area contributed by atoms with Crippen molar-refractivity contribution in [1.29, 1.82) is 0 Å². The number of halogens is 2. The molecule has 2 atom stereocenters. The molecule has 0 aromatic heterocycles. The normalized spacial score (nSPS) is 17.6. The van der Waals surface area contributed by atoms with Crippen molar-refractivity contribution in [2.75, 3.05) is 11.4 Å². The number of carbonyl (C=O) groups is 2. The molecule has 148 valence electrons. The Kier molecular flexibility index (Phi) is 6.63. The molecule has 1 aliphatic heterocycles. The summed E-state index contributed by atoms with van der Waals surface area (Å²) in [6.45, 7) is 4.70. The zero-order chi connectivity index (χ0) is 20.3. The van der Waals surface area contributed by atoms with Gasteiger partial charge >= 0.3 is 5.97 Å². The monoisotopic (exact) mass is 419 g/mol. The third kappa shape index (κ3) is 4.50. The summed E-state index contributed by atoms with van der Waals surface area (Å²) >= 11 is 11.9. The summed E-state index contributed by atoms with van der Waals surface area (Å²) in [6.07, 6.45) is 1.14. The largest absolute Gasteiger partial charge is 0.461 e. The van der Waals surface area contributed by atoms with Crippen LogP contribution in [0.3, 0.4) is 0 Å². The Hall–Kier alpha value is -2.04. The Labute approximate surface area is 175 Å². The van der Waals surface area contributed by atoms with E-state index in [2.05, 4.69) is 13.8 Å². The van der Waals surface area contributed by atoms with E-state index in [4.69, 9.17) is 27.9 Å². The second kappa shape index (κ2) is 8.97. The molecule has 1 amide bonds. The number of hydrogen-bond donors (Lipinski definition) is 0. The first-order chi connectivity index (χ1) is 13.4. The summed E-state index contributed by atoms with van der Waals surface area (Å²) in [5, 5.41) is 0.868. The van der Waals surface area contributed by atoms with E-state index in [0.717, 1.165) is 23.2 Å². The predicted octanol–water partition coefficient (Wildman–Crippen LogP) is 5.60. The van der Waals surface area contributed by atoms with Crippen molar-refractivity contribution in [3.63, 3.8) is 0 Å². The smallest absolute Gasteiger partial charge is 0.311 e. The molecular formula is C22H23Cl2NO3. The fraction of sp³-hybridized carbons (Fsp3) is 0.364. The molecule has 2 aromatic rings. The second-order valence-corrected chi connectivity index (χ2v) is 7.94. The Bertz CT molecular complexity index is 884. The van der Waals surface area contributed by atoms with Crippen LogP contribution >= 0.6 is 23.2 Å². The quantitative estimate of drug-likeness (QED) is 0.572. The van der Waals surface area contributed by atoms with Crippen molar-refractivity contribution in [1.82, 2.24) is 0 Å². The van der Waals surface area contributed by atoms with Gasteiger partial charge in [0.05, 0.1) is 16.0 Å². The number of esters is 1. The third-order valence-corrected chi connectivity index (χ3v) is 5.93. The van der Waals surface area contributed by atoms with Crippen LogP contribution in [0.5, 0.6) is 0 Å². The van der Waals surface area contributed by atoms with E-state index >= 15 is 0 Å². The Morgan fingerprint density at radius 2 is 1.96 bits per heavy atom. The van der Waals surface area contributed by atoms with Crippen LogP contribution in [0.1, 0.15) is 43.7 Å². The lowest BCUT2D eigenvalue weighted by molar-refractivity contribution is -0.149. The van der Waals surface area contributed by atoms with E-state index in [-0.39, 0.29) is 24.9 Å². The first-order valence-electron chi connectivity index (χ1n) is 9.40. The maximum Gasteiger partial charge on any atom is 0.311 e. The molecule has 6 heteroatoms. The fourth-order valence-electron chi connectivity index (χ4n) is 3.37. The van der Waals surface area contributed by atoms with Crippen LogP contribution in [0, 0.1) is 5.92 Å². The Balaban J connectivity index is 1.67. The van der Waals surface area contributed by atoms with E-state index in [1.165, 1.54) is 0 Å². The Morgan fingerprint density at radius 1 is 1.21 bits per heavy atom. The van der Waals surface area contributed by atoms with Crippen molar-refractivity contribution in [2.24, 2.45) is 5.92 Å². The molecule has 0 spiro atoms. The number of rotatable bonds is 6. The van der Waals surface area contributed by atoms with Crippen molar-refractivity contribution in [3.8, 4) is 0 Å². The molecule has 1 saturated heterocycles. The van der Waals surface area contributed by atoms with Gasteiger partial charge in [-0.1, -0.05) is 61.3 Å². The van der Waals surface area contributed by atoms with Gasteiger partial charge in [-0.05, 0) is 41.7 Å². The zero-order valence-corrected chi connectivity index (χ0v) is 17.5. The highest BCUT2D eigenvalue weighted by molar-refractivity contribution is 6.42. The molecule has 0 radical (unpaired) electrons. The first-order valence-corrected chi connectivity index (χ1v) is 10.2. The molecule has 3 rings (SSSR count). The lowest BCUT2D eigenvalue weighted by Crippen LogP contribution is -2.27. The average Bonchev–Trinajstić information content (AvgIpc) is 3.09. The number of ether oxygens (including phenoxy) is 1. The molecule has 4 nitrogen and oxygen atoms in total. The number of amides is 1. The van der Waals surface area contributed by atoms with Gasteiger partial charge in [-0.25, -0.2) is 0 Å². The minimum absolute atomic E-state index is 0.0489. The Morgan fingerprint density at radius 3 is 2.68 bits per heavy atom. The maximum absolute atomic E-state index is 12.6. The summed E-state index contributed by atoms with van der Waals surface area (Å²) in [4.78, 5) is 26.8. The minimum atomic E-state index is -0.472. The van der Waals surface area contributed by atoms with Crippen LogP contribution in [0.25, 0.3) is 0 Å². The highest BCUT2D eigenvalue weighted by Gasteiger charge is 2.37. The SMILES string of the molecule is CC[C@H](C)c1ccccc1N1C[C@@H](C(=O)OCc2ccc(Cl)c(Cl)c2)CC1=O. The molecule has 0 N–H and O–H groups in total.